The number of guanidine groups is 1. The summed E-state index contributed by atoms with van der Waals surface area (Å²) in [5.41, 5.74) is 3.15. The number of hydrogen-bond donors (Lipinski definition) is 2. The third kappa shape index (κ3) is 5.46. The van der Waals surface area contributed by atoms with Gasteiger partial charge in [-0.2, -0.15) is 11.8 Å². The molecule has 0 aromatic carbocycles. The molecule has 0 radical (unpaired) electrons. The Labute approximate surface area is 143 Å². The Hall–Kier alpha value is -1.69. The van der Waals surface area contributed by atoms with Crippen LogP contribution in [0.1, 0.15) is 31.2 Å². The second-order valence-corrected chi connectivity index (χ2v) is 6.44. The predicted molar refractivity (Wildman–Crippen MR) is 100 cm³/mol. The second kappa shape index (κ2) is 9.45. The first kappa shape index (κ1) is 17.7. The molecule has 0 bridgehead atoms. The highest BCUT2D eigenvalue weighted by molar-refractivity contribution is 7.98. The highest BCUT2D eigenvalue weighted by atomic mass is 32.2. The summed E-state index contributed by atoms with van der Waals surface area (Å²) >= 11 is 1.90. The number of nitrogens with zero attached hydrogens (tertiary/aromatic N) is 3. The Bertz CT molecular complexity index is 635. The van der Waals surface area contributed by atoms with Gasteiger partial charge in [0.1, 0.15) is 5.65 Å². The number of imidazole rings is 1. The van der Waals surface area contributed by atoms with Crippen molar-refractivity contribution in [3.63, 3.8) is 0 Å². The zero-order valence-corrected chi connectivity index (χ0v) is 15.1. The van der Waals surface area contributed by atoms with E-state index in [4.69, 9.17) is 0 Å². The van der Waals surface area contributed by atoms with Gasteiger partial charge in [0.05, 0.1) is 12.2 Å². The molecule has 126 valence electrons. The maximum Gasteiger partial charge on any atom is 0.191 e. The summed E-state index contributed by atoms with van der Waals surface area (Å²) in [6.45, 7) is 6.57. The lowest BCUT2D eigenvalue weighted by atomic mass is 10.3. The van der Waals surface area contributed by atoms with E-state index in [-0.39, 0.29) is 0 Å². The molecule has 0 aliphatic carbocycles. The maximum atomic E-state index is 4.64. The van der Waals surface area contributed by atoms with Crippen LogP contribution in [0, 0.1) is 6.92 Å². The molecule has 0 fully saturated rings. The number of fused-ring (bicyclic) bond motifs is 1. The van der Waals surface area contributed by atoms with Gasteiger partial charge < -0.3 is 15.0 Å². The van der Waals surface area contributed by atoms with Crippen molar-refractivity contribution in [1.82, 2.24) is 20.0 Å². The van der Waals surface area contributed by atoms with Crippen molar-refractivity contribution in [2.24, 2.45) is 4.99 Å². The van der Waals surface area contributed by atoms with Crippen LogP contribution in [0.5, 0.6) is 0 Å². The van der Waals surface area contributed by atoms with E-state index in [1.807, 2.05) is 23.9 Å². The number of nitrogens with one attached hydrogen (secondary N) is 2. The summed E-state index contributed by atoms with van der Waals surface area (Å²) in [6, 6.07) is 6.14. The average Bonchev–Trinajstić information content (AvgIpc) is 2.97. The molecule has 2 N–H and O–H groups in total. The number of rotatable bonds is 8. The molecule has 2 heterocycles. The lowest BCUT2D eigenvalue weighted by Crippen LogP contribution is -2.37. The molecule has 2 aromatic rings. The third-order valence-corrected chi connectivity index (χ3v) is 4.25. The number of aryl methyl sites for hydroxylation is 1. The van der Waals surface area contributed by atoms with E-state index in [1.54, 1.807) is 0 Å². The summed E-state index contributed by atoms with van der Waals surface area (Å²) in [6.07, 6.45) is 6.61. The number of thioether (sulfide) groups is 1. The van der Waals surface area contributed by atoms with Gasteiger partial charge in [-0.25, -0.2) is 9.98 Å². The molecule has 0 saturated heterocycles. The Morgan fingerprint density at radius 2 is 2.17 bits per heavy atom. The molecule has 23 heavy (non-hydrogen) atoms. The van der Waals surface area contributed by atoms with E-state index in [9.17, 15) is 0 Å². The van der Waals surface area contributed by atoms with Crippen LogP contribution in [0.25, 0.3) is 5.65 Å². The number of unbranched alkanes of at least 4 members (excludes halogenated alkanes) is 1. The minimum atomic E-state index is 0.585. The van der Waals surface area contributed by atoms with Crippen LogP contribution in [-0.4, -0.2) is 40.4 Å². The van der Waals surface area contributed by atoms with Crippen LogP contribution in [0.15, 0.2) is 29.4 Å². The van der Waals surface area contributed by atoms with Gasteiger partial charge in [-0.1, -0.05) is 6.07 Å². The normalized spacial score (nSPS) is 11.9. The molecule has 0 aliphatic heterocycles. The summed E-state index contributed by atoms with van der Waals surface area (Å²) in [5.74, 6) is 2.08. The first-order valence-corrected chi connectivity index (χ1v) is 9.58. The van der Waals surface area contributed by atoms with Crippen LogP contribution in [-0.2, 0) is 6.54 Å². The van der Waals surface area contributed by atoms with E-state index < -0.39 is 0 Å². The van der Waals surface area contributed by atoms with Gasteiger partial charge >= 0.3 is 0 Å². The number of aliphatic imine (C=N–C) groups is 1. The van der Waals surface area contributed by atoms with Crippen molar-refractivity contribution in [2.45, 2.75) is 33.2 Å². The molecule has 2 aromatic heterocycles. The van der Waals surface area contributed by atoms with Gasteiger partial charge in [0.15, 0.2) is 5.96 Å². The maximum absolute atomic E-state index is 4.64. The highest BCUT2D eigenvalue weighted by Gasteiger charge is 2.03. The van der Waals surface area contributed by atoms with Gasteiger partial charge in [0, 0.05) is 25.0 Å². The first-order valence-electron chi connectivity index (χ1n) is 8.19. The van der Waals surface area contributed by atoms with E-state index in [2.05, 4.69) is 57.4 Å². The zero-order chi connectivity index (χ0) is 16.5. The van der Waals surface area contributed by atoms with Crippen molar-refractivity contribution in [2.75, 3.05) is 25.1 Å². The van der Waals surface area contributed by atoms with Crippen molar-refractivity contribution in [3.8, 4) is 0 Å². The van der Waals surface area contributed by atoms with Crippen LogP contribution >= 0.6 is 11.8 Å². The molecule has 0 atom stereocenters. The SMILES string of the molecule is CCNC(=NCc1cn2c(C)cccc2n1)NCCCCSC. The summed E-state index contributed by atoms with van der Waals surface area (Å²) in [5, 5.41) is 6.68. The summed E-state index contributed by atoms with van der Waals surface area (Å²) < 4.78 is 2.10. The molecule has 0 saturated carbocycles. The van der Waals surface area contributed by atoms with Crippen molar-refractivity contribution < 1.29 is 0 Å². The number of aromatic nitrogens is 2. The van der Waals surface area contributed by atoms with Gasteiger partial charge in [-0.05, 0) is 50.8 Å². The molecule has 2 rings (SSSR count). The van der Waals surface area contributed by atoms with Crippen molar-refractivity contribution in [3.05, 3.63) is 35.8 Å². The second-order valence-electron chi connectivity index (χ2n) is 5.45. The van der Waals surface area contributed by atoms with Crippen LogP contribution in [0.3, 0.4) is 0 Å². The van der Waals surface area contributed by atoms with E-state index in [1.165, 1.54) is 24.3 Å². The van der Waals surface area contributed by atoms with Crippen molar-refractivity contribution in [1.29, 1.82) is 0 Å². The third-order valence-electron chi connectivity index (χ3n) is 3.56. The molecule has 0 spiro atoms. The summed E-state index contributed by atoms with van der Waals surface area (Å²) in [4.78, 5) is 9.26. The van der Waals surface area contributed by atoms with Gasteiger partial charge in [-0.3, -0.25) is 0 Å². The fourth-order valence-corrected chi connectivity index (χ4v) is 2.85. The smallest absolute Gasteiger partial charge is 0.191 e. The predicted octanol–water partition coefficient (Wildman–Crippen LogP) is 2.84. The van der Waals surface area contributed by atoms with Crippen LogP contribution < -0.4 is 10.6 Å². The minimum Gasteiger partial charge on any atom is -0.357 e. The molecular weight excluding hydrogens is 306 g/mol. The van der Waals surface area contributed by atoms with Gasteiger partial charge in [0.25, 0.3) is 0 Å². The van der Waals surface area contributed by atoms with E-state index in [0.717, 1.165) is 30.4 Å². The van der Waals surface area contributed by atoms with E-state index in [0.29, 0.717) is 6.54 Å². The molecule has 5 nitrogen and oxygen atoms in total. The van der Waals surface area contributed by atoms with Crippen LogP contribution in [0.2, 0.25) is 0 Å². The molecule has 0 unspecified atom stereocenters. The fraction of sp³-hybridized carbons (Fsp3) is 0.529. The van der Waals surface area contributed by atoms with Crippen molar-refractivity contribution >= 4 is 23.4 Å². The summed E-state index contributed by atoms with van der Waals surface area (Å²) in [7, 11) is 0. The standard InChI is InChI=1S/C17H27N5S/c1-4-18-17(19-10-5-6-11-23-3)20-12-15-13-22-14(2)8-7-9-16(22)21-15/h7-9,13H,4-6,10-12H2,1-3H3,(H2,18,19,20). The Balaban J connectivity index is 1.94. The fourth-order valence-electron chi connectivity index (χ4n) is 2.36. The molecule has 0 amide bonds. The monoisotopic (exact) mass is 333 g/mol. The lowest BCUT2D eigenvalue weighted by molar-refractivity contribution is 0.734. The van der Waals surface area contributed by atoms with E-state index >= 15 is 0 Å². The molecule has 0 aliphatic rings. The quantitative estimate of drug-likeness (QED) is 0.443. The molecule has 6 heteroatoms. The minimum absolute atomic E-state index is 0.585. The number of hydrogen-bond acceptors (Lipinski definition) is 3. The topological polar surface area (TPSA) is 53.7 Å². The first-order chi connectivity index (χ1) is 11.2. The van der Waals surface area contributed by atoms with Gasteiger partial charge in [0.2, 0.25) is 0 Å². The molecular formula is C17H27N5S. The Morgan fingerprint density at radius 3 is 2.91 bits per heavy atom. The highest BCUT2D eigenvalue weighted by Crippen LogP contribution is 2.09. The largest absolute Gasteiger partial charge is 0.357 e. The van der Waals surface area contributed by atoms with Crippen LogP contribution in [0.4, 0.5) is 0 Å². The lowest BCUT2D eigenvalue weighted by Gasteiger charge is -2.10. The average molecular weight is 334 g/mol. The number of pyridine rings is 1. The zero-order valence-electron chi connectivity index (χ0n) is 14.3. The Morgan fingerprint density at radius 1 is 1.30 bits per heavy atom. The van der Waals surface area contributed by atoms with Gasteiger partial charge in [-0.15, -0.1) is 0 Å². The Kier molecular flexibility index (Phi) is 7.26.